The summed E-state index contributed by atoms with van der Waals surface area (Å²) in [7, 11) is -3.83. The third-order valence-corrected chi connectivity index (χ3v) is 4.93. The van der Waals surface area contributed by atoms with Crippen LogP contribution in [0.2, 0.25) is 0 Å². The molecule has 0 unspecified atom stereocenters. The van der Waals surface area contributed by atoms with Crippen molar-refractivity contribution in [3.05, 3.63) is 40.8 Å². The van der Waals surface area contributed by atoms with E-state index >= 15 is 0 Å². The van der Waals surface area contributed by atoms with E-state index in [-0.39, 0.29) is 16.2 Å². The third kappa shape index (κ3) is 2.91. The van der Waals surface area contributed by atoms with Crippen molar-refractivity contribution in [3.63, 3.8) is 0 Å². The van der Waals surface area contributed by atoms with E-state index in [1.165, 1.54) is 17.4 Å². The van der Waals surface area contributed by atoms with Gasteiger partial charge in [0.2, 0.25) is 0 Å². The highest BCUT2D eigenvalue weighted by Gasteiger charge is 2.18. The fourth-order valence-corrected chi connectivity index (χ4v) is 3.65. The Morgan fingerprint density at radius 3 is 2.55 bits per heavy atom. The monoisotopic (exact) mass is 312 g/mol. The van der Waals surface area contributed by atoms with Crippen LogP contribution in [0.3, 0.4) is 0 Å². The largest absolute Gasteiger partial charge is 0.507 e. The Bertz CT molecular complexity index is 766. The summed E-state index contributed by atoms with van der Waals surface area (Å²) in [6.07, 6.45) is 0. The van der Waals surface area contributed by atoms with Gasteiger partial charge in [-0.1, -0.05) is 0 Å². The average molecular weight is 312 g/mol. The second-order valence-electron chi connectivity index (χ2n) is 4.06. The first-order valence-electron chi connectivity index (χ1n) is 5.51. The van der Waals surface area contributed by atoms with E-state index in [1.807, 2.05) is 6.92 Å². The Labute approximate surface area is 119 Å². The Kier molecular flexibility index (Phi) is 3.69. The van der Waals surface area contributed by atoms with E-state index in [9.17, 15) is 18.3 Å². The molecule has 0 fully saturated rings. The Morgan fingerprint density at radius 1 is 1.30 bits per heavy atom. The molecule has 1 aromatic carbocycles. The van der Waals surface area contributed by atoms with Crippen molar-refractivity contribution in [2.24, 2.45) is 5.73 Å². The molecule has 0 aliphatic rings. The first kappa shape index (κ1) is 14.4. The van der Waals surface area contributed by atoms with Crippen LogP contribution in [-0.4, -0.2) is 19.4 Å². The summed E-state index contributed by atoms with van der Waals surface area (Å²) in [5.74, 6) is -1.25. The van der Waals surface area contributed by atoms with E-state index in [1.54, 1.807) is 12.1 Å². The predicted octanol–water partition coefficient (Wildman–Crippen LogP) is 1.66. The number of phenols is 1. The second-order valence-corrected chi connectivity index (χ2v) is 7.03. The van der Waals surface area contributed by atoms with Gasteiger partial charge >= 0.3 is 0 Å². The van der Waals surface area contributed by atoms with E-state index < -0.39 is 15.9 Å². The second kappa shape index (κ2) is 5.14. The first-order valence-corrected chi connectivity index (χ1v) is 7.81. The molecule has 2 rings (SSSR count). The van der Waals surface area contributed by atoms with Crippen molar-refractivity contribution in [1.29, 1.82) is 0 Å². The smallest absolute Gasteiger partial charge is 0.262 e. The number of rotatable bonds is 4. The van der Waals surface area contributed by atoms with Gasteiger partial charge in [-0.25, -0.2) is 8.42 Å². The minimum Gasteiger partial charge on any atom is -0.507 e. The summed E-state index contributed by atoms with van der Waals surface area (Å²) in [5.41, 5.74) is 4.83. The molecule has 0 spiro atoms. The number of benzene rings is 1. The number of thiophene rings is 1. The molecule has 20 heavy (non-hydrogen) atoms. The lowest BCUT2D eigenvalue weighted by Crippen LogP contribution is -2.15. The summed E-state index contributed by atoms with van der Waals surface area (Å²) < 4.78 is 26.7. The highest BCUT2D eigenvalue weighted by molar-refractivity contribution is 7.93. The maximum absolute atomic E-state index is 12.2. The van der Waals surface area contributed by atoms with Crippen molar-refractivity contribution in [2.45, 2.75) is 11.8 Å². The highest BCUT2D eigenvalue weighted by Crippen LogP contribution is 2.26. The van der Waals surface area contributed by atoms with Gasteiger partial charge in [0.05, 0.1) is 10.5 Å². The molecule has 6 nitrogen and oxygen atoms in total. The molecule has 0 saturated carbocycles. The quantitative estimate of drug-likeness (QED) is 0.797. The van der Waals surface area contributed by atoms with Crippen molar-refractivity contribution in [1.82, 2.24) is 0 Å². The molecule has 0 aliphatic heterocycles. The standard InChI is InChI=1S/C12H12N2O4S2/c1-7-2-5-11(19-7)14-20(17,18)8-3-4-10(15)9(6-8)12(13)16/h2-6,14-15H,1H3,(H2,13,16). The van der Waals surface area contributed by atoms with Crippen LogP contribution in [0.4, 0.5) is 5.00 Å². The molecule has 1 amide bonds. The minimum absolute atomic E-state index is 0.143. The van der Waals surface area contributed by atoms with Crippen LogP contribution in [-0.2, 0) is 10.0 Å². The molecule has 1 aromatic heterocycles. The van der Waals surface area contributed by atoms with Crippen LogP contribution in [0.5, 0.6) is 5.75 Å². The number of anilines is 1. The molecular weight excluding hydrogens is 300 g/mol. The van der Waals surface area contributed by atoms with Gasteiger partial charge in [-0.05, 0) is 37.3 Å². The lowest BCUT2D eigenvalue weighted by atomic mass is 10.2. The molecule has 2 aromatic rings. The third-order valence-electron chi connectivity index (χ3n) is 2.52. The topological polar surface area (TPSA) is 109 Å². The normalized spacial score (nSPS) is 11.2. The van der Waals surface area contributed by atoms with Crippen molar-refractivity contribution < 1.29 is 18.3 Å². The summed E-state index contributed by atoms with van der Waals surface area (Å²) in [4.78, 5) is 11.9. The number of aryl methyl sites for hydroxylation is 1. The number of nitrogens with two attached hydrogens (primary N) is 1. The molecule has 4 N–H and O–H groups in total. The van der Waals surface area contributed by atoms with Crippen molar-refractivity contribution in [2.75, 3.05) is 4.72 Å². The molecule has 0 radical (unpaired) electrons. The molecule has 0 aliphatic carbocycles. The van der Waals surface area contributed by atoms with Gasteiger partial charge in [-0.2, -0.15) is 0 Å². The molecule has 0 saturated heterocycles. The van der Waals surface area contributed by atoms with Crippen LogP contribution < -0.4 is 10.5 Å². The van der Waals surface area contributed by atoms with Crippen LogP contribution in [0.1, 0.15) is 15.2 Å². The number of amides is 1. The van der Waals surface area contributed by atoms with E-state index in [0.29, 0.717) is 5.00 Å². The zero-order chi connectivity index (χ0) is 14.9. The first-order chi connectivity index (χ1) is 9.29. The van der Waals surface area contributed by atoms with Gasteiger partial charge in [-0.15, -0.1) is 11.3 Å². The number of carbonyl (C=O) groups is 1. The van der Waals surface area contributed by atoms with Gasteiger partial charge < -0.3 is 10.8 Å². The summed E-state index contributed by atoms with van der Waals surface area (Å²) in [6.45, 7) is 1.86. The number of aromatic hydroxyl groups is 1. The predicted molar refractivity (Wildman–Crippen MR) is 76.5 cm³/mol. The fraction of sp³-hybridized carbons (Fsp3) is 0.0833. The number of hydrogen-bond donors (Lipinski definition) is 3. The van der Waals surface area contributed by atoms with Gasteiger partial charge in [0.1, 0.15) is 10.8 Å². The van der Waals surface area contributed by atoms with Crippen LogP contribution in [0.25, 0.3) is 0 Å². The number of nitrogens with one attached hydrogen (secondary N) is 1. The van der Waals surface area contributed by atoms with Crippen molar-refractivity contribution in [3.8, 4) is 5.75 Å². The number of hydrogen-bond acceptors (Lipinski definition) is 5. The van der Waals surface area contributed by atoms with Gasteiger partial charge in [0.25, 0.3) is 15.9 Å². The number of primary amides is 1. The lowest BCUT2D eigenvalue weighted by Gasteiger charge is -2.08. The molecule has 1 heterocycles. The average Bonchev–Trinajstić information content (AvgIpc) is 2.73. The van der Waals surface area contributed by atoms with Crippen LogP contribution in [0, 0.1) is 6.92 Å². The van der Waals surface area contributed by atoms with Crippen LogP contribution >= 0.6 is 11.3 Å². The van der Waals surface area contributed by atoms with Gasteiger partial charge in [0.15, 0.2) is 0 Å². The molecule has 8 heteroatoms. The van der Waals surface area contributed by atoms with Gasteiger partial charge in [-0.3, -0.25) is 9.52 Å². The van der Waals surface area contributed by atoms with Gasteiger partial charge in [0, 0.05) is 4.88 Å². The SMILES string of the molecule is Cc1ccc(NS(=O)(=O)c2ccc(O)c(C(N)=O)c2)s1. The molecule has 0 atom stereocenters. The molecule has 106 valence electrons. The summed E-state index contributed by atoms with van der Waals surface area (Å²) in [6, 6.07) is 6.79. The van der Waals surface area contributed by atoms with E-state index in [0.717, 1.165) is 17.0 Å². The molecular formula is C12H12N2O4S2. The minimum atomic E-state index is -3.83. The number of sulfonamides is 1. The Hall–Kier alpha value is -2.06. The van der Waals surface area contributed by atoms with Crippen molar-refractivity contribution >= 4 is 32.3 Å². The Balaban J connectivity index is 2.39. The fourth-order valence-electron chi connectivity index (χ4n) is 1.56. The zero-order valence-electron chi connectivity index (χ0n) is 10.5. The summed E-state index contributed by atoms with van der Waals surface area (Å²) >= 11 is 1.29. The van der Waals surface area contributed by atoms with E-state index in [2.05, 4.69) is 4.72 Å². The maximum Gasteiger partial charge on any atom is 0.262 e. The maximum atomic E-state index is 12.2. The van der Waals surface area contributed by atoms with Crippen LogP contribution in [0.15, 0.2) is 35.2 Å². The molecule has 0 bridgehead atoms. The van der Waals surface area contributed by atoms with E-state index in [4.69, 9.17) is 5.73 Å². The Morgan fingerprint density at radius 2 is 2.00 bits per heavy atom. The highest BCUT2D eigenvalue weighted by atomic mass is 32.2. The lowest BCUT2D eigenvalue weighted by molar-refractivity contribution is 0.0997. The zero-order valence-corrected chi connectivity index (χ0v) is 12.1. The number of carbonyl (C=O) groups excluding carboxylic acids is 1. The summed E-state index contributed by atoms with van der Waals surface area (Å²) in [5, 5.41) is 9.92.